The summed E-state index contributed by atoms with van der Waals surface area (Å²) < 4.78 is 67.2. The maximum atomic E-state index is 14.5. The molecule has 150 valence electrons. The first-order valence-corrected chi connectivity index (χ1v) is 8.57. The summed E-state index contributed by atoms with van der Waals surface area (Å²) in [6.07, 6.45) is -4.36. The van der Waals surface area contributed by atoms with Crippen LogP contribution in [0.5, 0.6) is 0 Å². The maximum Gasteiger partial charge on any atom is 0.431 e. The molecule has 0 amide bonds. The third-order valence-electron chi connectivity index (χ3n) is 4.70. The Morgan fingerprint density at radius 1 is 1.07 bits per heavy atom. The van der Waals surface area contributed by atoms with E-state index < -0.39 is 35.2 Å². The number of alkyl halides is 3. The van der Waals surface area contributed by atoms with Crippen LogP contribution in [-0.2, 0) is 4.79 Å². The minimum absolute atomic E-state index is 0.0881. The summed E-state index contributed by atoms with van der Waals surface area (Å²) in [5.74, 6) is -4.21. The zero-order chi connectivity index (χ0) is 21.6. The smallest absolute Gasteiger partial charge is 0.339 e. The maximum absolute atomic E-state index is 14.5. The van der Waals surface area contributed by atoms with Crippen LogP contribution in [-0.4, -0.2) is 17.8 Å². The van der Waals surface area contributed by atoms with E-state index in [0.717, 1.165) is 12.1 Å². The zero-order valence-corrected chi connectivity index (χ0v) is 14.9. The fourth-order valence-corrected chi connectivity index (χ4v) is 3.36. The van der Waals surface area contributed by atoms with Crippen molar-refractivity contribution in [3.05, 3.63) is 82.6 Å². The highest BCUT2D eigenvalue weighted by Gasteiger charge is 2.45. The lowest BCUT2D eigenvalue weighted by atomic mass is 9.85. The van der Waals surface area contributed by atoms with Gasteiger partial charge in [-0.2, -0.15) is 18.4 Å². The van der Waals surface area contributed by atoms with E-state index in [9.17, 15) is 26.7 Å². The number of halogens is 5. The summed E-state index contributed by atoms with van der Waals surface area (Å²) >= 11 is 0. The second kappa shape index (κ2) is 6.91. The number of rotatable bonds is 2. The number of carbonyl (C=O) groups is 1. The number of fused-ring (bicyclic) bond motifs is 1. The van der Waals surface area contributed by atoms with E-state index in [4.69, 9.17) is 5.26 Å². The molecule has 0 radical (unpaired) electrons. The van der Waals surface area contributed by atoms with E-state index in [0.29, 0.717) is 23.3 Å². The molecule has 2 aliphatic rings. The molecule has 0 saturated carbocycles. The third kappa shape index (κ3) is 3.26. The number of ketones is 1. The molecule has 1 atom stereocenters. The number of nitrogens with zero attached hydrogens (tertiary/aromatic N) is 2. The molecule has 2 aromatic carbocycles. The SMILES string of the molecule is N#Cc1ccc(C2=C(c3ccc(F)cc3F)N=C3NC(C(F)(F)F)=CC(=O)C32)cc1. The lowest BCUT2D eigenvalue weighted by Crippen LogP contribution is -2.42. The first kappa shape index (κ1) is 19.5. The van der Waals surface area contributed by atoms with E-state index in [-0.39, 0.29) is 22.7 Å². The van der Waals surface area contributed by atoms with Crippen LogP contribution >= 0.6 is 0 Å². The van der Waals surface area contributed by atoms with Crippen molar-refractivity contribution < 1.29 is 26.7 Å². The van der Waals surface area contributed by atoms with Gasteiger partial charge in [0.15, 0.2) is 5.78 Å². The average molecular weight is 415 g/mol. The average Bonchev–Trinajstić information content (AvgIpc) is 3.07. The Kier molecular flexibility index (Phi) is 4.50. The van der Waals surface area contributed by atoms with Crippen LogP contribution in [0.4, 0.5) is 22.0 Å². The highest BCUT2D eigenvalue weighted by molar-refractivity contribution is 6.26. The van der Waals surface area contributed by atoms with Crippen molar-refractivity contribution in [2.45, 2.75) is 6.18 Å². The second-order valence-electron chi connectivity index (χ2n) is 6.59. The van der Waals surface area contributed by atoms with Crippen LogP contribution in [0.25, 0.3) is 11.3 Å². The lowest BCUT2D eigenvalue weighted by Gasteiger charge is -2.24. The summed E-state index contributed by atoms with van der Waals surface area (Å²) in [5, 5.41) is 11.1. The highest BCUT2D eigenvalue weighted by atomic mass is 19.4. The molecular weight excluding hydrogens is 405 g/mol. The monoisotopic (exact) mass is 415 g/mol. The van der Waals surface area contributed by atoms with Crippen LogP contribution < -0.4 is 5.32 Å². The molecule has 2 heterocycles. The van der Waals surface area contributed by atoms with Crippen LogP contribution in [0.3, 0.4) is 0 Å². The van der Waals surface area contributed by atoms with Gasteiger partial charge in [0.25, 0.3) is 0 Å². The number of hydrogen-bond acceptors (Lipinski definition) is 4. The van der Waals surface area contributed by atoms with Gasteiger partial charge in [0.1, 0.15) is 29.1 Å². The Labute approximate surface area is 166 Å². The molecule has 2 aliphatic heterocycles. The Bertz CT molecular complexity index is 1200. The van der Waals surface area contributed by atoms with Gasteiger partial charge < -0.3 is 5.32 Å². The number of carbonyl (C=O) groups excluding carboxylic acids is 1. The number of hydrogen-bond donors (Lipinski definition) is 1. The number of amidine groups is 1. The number of nitriles is 1. The number of nitrogens with one attached hydrogen (secondary N) is 1. The summed E-state index contributed by atoms with van der Waals surface area (Å²) in [7, 11) is 0. The molecular formula is C21H10F5N3O. The van der Waals surface area contributed by atoms with Crippen molar-refractivity contribution in [1.82, 2.24) is 5.32 Å². The van der Waals surface area contributed by atoms with Gasteiger partial charge >= 0.3 is 6.18 Å². The van der Waals surface area contributed by atoms with Gasteiger partial charge in [-0.05, 0) is 29.8 Å². The topological polar surface area (TPSA) is 65.2 Å². The Hall–Kier alpha value is -3.80. The molecule has 1 unspecified atom stereocenters. The van der Waals surface area contributed by atoms with Gasteiger partial charge in [0.05, 0.1) is 17.3 Å². The van der Waals surface area contributed by atoms with Crippen LogP contribution in [0.2, 0.25) is 0 Å². The minimum atomic E-state index is -4.80. The number of benzene rings is 2. The fourth-order valence-electron chi connectivity index (χ4n) is 3.36. The Balaban J connectivity index is 1.92. The first-order valence-electron chi connectivity index (χ1n) is 8.57. The van der Waals surface area contributed by atoms with Gasteiger partial charge in [-0.3, -0.25) is 4.79 Å². The van der Waals surface area contributed by atoms with E-state index >= 15 is 0 Å². The van der Waals surface area contributed by atoms with Gasteiger partial charge in [0, 0.05) is 23.3 Å². The predicted octanol–water partition coefficient (Wildman–Crippen LogP) is 4.35. The van der Waals surface area contributed by atoms with Gasteiger partial charge in [-0.1, -0.05) is 12.1 Å². The van der Waals surface area contributed by atoms with Crippen LogP contribution in [0.1, 0.15) is 16.7 Å². The summed E-state index contributed by atoms with van der Waals surface area (Å²) in [4.78, 5) is 16.7. The van der Waals surface area contributed by atoms with Gasteiger partial charge in [-0.15, -0.1) is 0 Å². The molecule has 4 rings (SSSR count). The van der Waals surface area contributed by atoms with Crippen LogP contribution in [0.15, 0.2) is 59.2 Å². The van der Waals surface area contributed by atoms with E-state index in [1.807, 2.05) is 6.07 Å². The third-order valence-corrected chi connectivity index (χ3v) is 4.70. The van der Waals surface area contributed by atoms with Crippen molar-refractivity contribution in [1.29, 1.82) is 5.26 Å². The molecule has 1 N–H and O–H groups in total. The molecule has 0 aliphatic carbocycles. The molecule has 0 bridgehead atoms. The van der Waals surface area contributed by atoms with E-state index in [1.54, 1.807) is 0 Å². The van der Waals surface area contributed by atoms with Crippen molar-refractivity contribution in [3.8, 4) is 6.07 Å². The zero-order valence-electron chi connectivity index (χ0n) is 14.9. The molecule has 4 nitrogen and oxygen atoms in total. The Morgan fingerprint density at radius 3 is 2.37 bits per heavy atom. The molecule has 0 fully saturated rings. The highest BCUT2D eigenvalue weighted by Crippen LogP contribution is 2.43. The lowest BCUT2D eigenvalue weighted by molar-refractivity contribution is -0.118. The molecule has 0 aromatic heterocycles. The second-order valence-corrected chi connectivity index (χ2v) is 6.59. The molecule has 30 heavy (non-hydrogen) atoms. The summed E-state index contributed by atoms with van der Waals surface area (Å²) in [5.41, 5.74) is -0.677. The molecule has 2 aromatic rings. The van der Waals surface area contributed by atoms with E-state index in [2.05, 4.69) is 10.3 Å². The van der Waals surface area contributed by atoms with Crippen molar-refractivity contribution >= 4 is 22.9 Å². The quantitative estimate of drug-likeness (QED) is 0.742. The summed E-state index contributed by atoms with van der Waals surface area (Å²) in [6.45, 7) is 0. The van der Waals surface area contributed by atoms with Crippen LogP contribution in [0, 0.1) is 28.9 Å². The fraction of sp³-hybridized carbons (Fsp3) is 0.0952. The predicted molar refractivity (Wildman–Crippen MR) is 97.5 cm³/mol. The first-order chi connectivity index (χ1) is 14.2. The van der Waals surface area contributed by atoms with E-state index in [1.165, 1.54) is 24.3 Å². The molecule has 9 heteroatoms. The van der Waals surface area contributed by atoms with Crippen molar-refractivity contribution in [2.24, 2.45) is 10.9 Å². The number of allylic oxidation sites excluding steroid dienone is 2. The minimum Gasteiger partial charge on any atom is -0.339 e. The van der Waals surface area contributed by atoms with Crippen molar-refractivity contribution in [2.75, 3.05) is 0 Å². The van der Waals surface area contributed by atoms with Gasteiger partial charge in [-0.25, -0.2) is 13.8 Å². The standard InChI is InChI=1S/C21H10F5N3O/c22-12-5-6-13(14(23)7-12)19-17(11-3-1-10(9-27)2-4-11)18-15(30)8-16(21(24,25)26)28-20(18)29-19/h1-8,18H,(H,28,29). The van der Waals surface area contributed by atoms with Gasteiger partial charge in [0.2, 0.25) is 0 Å². The largest absolute Gasteiger partial charge is 0.431 e. The summed E-state index contributed by atoms with van der Waals surface area (Å²) in [6, 6.07) is 10.5. The normalized spacial score (nSPS) is 18.4. The number of aliphatic imine (C=N–C) groups is 1. The molecule has 0 saturated heterocycles. The molecule has 0 spiro atoms. The van der Waals surface area contributed by atoms with Crippen molar-refractivity contribution in [3.63, 3.8) is 0 Å². The Morgan fingerprint density at radius 2 is 1.77 bits per heavy atom.